The van der Waals surface area contributed by atoms with E-state index in [1.807, 2.05) is 18.2 Å². The molecule has 0 aliphatic heterocycles. The first-order valence-corrected chi connectivity index (χ1v) is 10.3. The SMILES string of the molecule is COCCOC(=O)Nc1ccc(Nc2nccc(-c3sc(N)nc3C3CC3)n2)cc1. The molecule has 1 saturated carbocycles. The normalized spacial score (nSPS) is 13.1. The number of nitrogen functional groups attached to an aromatic ring is 1. The predicted molar refractivity (Wildman–Crippen MR) is 116 cm³/mol. The van der Waals surface area contributed by atoms with Crippen molar-refractivity contribution in [3.8, 4) is 10.6 Å². The molecule has 4 N–H and O–H groups in total. The van der Waals surface area contributed by atoms with E-state index in [1.165, 1.54) is 11.3 Å². The minimum absolute atomic E-state index is 0.198. The Morgan fingerprint density at radius 1 is 1.17 bits per heavy atom. The Balaban J connectivity index is 1.41. The number of ether oxygens (including phenoxy) is 2. The third-order valence-electron chi connectivity index (χ3n) is 4.43. The van der Waals surface area contributed by atoms with Crippen molar-refractivity contribution in [3.63, 3.8) is 0 Å². The lowest BCUT2D eigenvalue weighted by Gasteiger charge is -2.09. The first-order chi connectivity index (χ1) is 14.6. The van der Waals surface area contributed by atoms with Crippen LogP contribution in [0, 0.1) is 0 Å². The summed E-state index contributed by atoms with van der Waals surface area (Å²) >= 11 is 1.45. The summed E-state index contributed by atoms with van der Waals surface area (Å²) in [5.74, 6) is 0.960. The monoisotopic (exact) mass is 426 g/mol. The summed E-state index contributed by atoms with van der Waals surface area (Å²) < 4.78 is 9.82. The van der Waals surface area contributed by atoms with E-state index in [0.717, 1.165) is 34.8 Å². The highest BCUT2D eigenvalue weighted by Crippen LogP contribution is 2.46. The van der Waals surface area contributed by atoms with Gasteiger partial charge in [0.2, 0.25) is 5.95 Å². The van der Waals surface area contributed by atoms with Crippen LogP contribution in [0.2, 0.25) is 0 Å². The van der Waals surface area contributed by atoms with E-state index < -0.39 is 6.09 Å². The first-order valence-electron chi connectivity index (χ1n) is 9.52. The molecule has 156 valence electrons. The lowest BCUT2D eigenvalue weighted by Crippen LogP contribution is -2.16. The van der Waals surface area contributed by atoms with Crippen LogP contribution in [-0.4, -0.2) is 41.4 Å². The molecule has 9 nitrogen and oxygen atoms in total. The van der Waals surface area contributed by atoms with Crippen LogP contribution in [0.1, 0.15) is 24.5 Å². The van der Waals surface area contributed by atoms with E-state index >= 15 is 0 Å². The maximum Gasteiger partial charge on any atom is 0.411 e. The lowest BCUT2D eigenvalue weighted by molar-refractivity contribution is 0.107. The van der Waals surface area contributed by atoms with Crippen molar-refractivity contribution in [1.29, 1.82) is 0 Å². The summed E-state index contributed by atoms with van der Waals surface area (Å²) in [6.45, 7) is 0.551. The molecule has 10 heteroatoms. The lowest BCUT2D eigenvalue weighted by atomic mass is 10.2. The standard InChI is InChI=1S/C20H22N6O3S/c1-28-10-11-29-20(27)24-14-6-4-13(5-7-14)23-19-22-9-8-15(25-19)17-16(12-2-3-12)26-18(21)30-17/h4-9,12H,2-3,10-11H2,1H3,(H2,21,26)(H,24,27)(H,22,23,25). The van der Waals surface area contributed by atoms with Crippen LogP contribution in [0.3, 0.4) is 0 Å². The van der Waals surface area contributed by atoms with Gasteiger partial charge in [0.25, 0.3) is 0 Å². The molecule has 2 aromatic heterocycles. The number of nitrogens with one attached hydrogen (secondary N) is 2. The van der Waals surface area contributed by atoms with Gasteiger partial charge in [-0.1, -0.05) is 11.3 Å². The number of hydrogen-bond donors (Lipinski definition) is 3. The molecule has 0 spiro atoms. The topological polar surface area (TPSA) is 124 Å². The van der Waals surface area contributed by atoms with E-state index in [4.69, 9.17) is 15.2 Å². The highest BCUT2D eigenvalue weighted by molar-refractivity contribution is 7.18. The molecule has 0 bridgehead atoms. The van der Waals surface area contributed by atoms with E-state index in [0.29, 0.717) is 29.3 Å². The number of carbonyl (C=O) groups excluding carboxylic acids is 1. The smallest absolute Gasteiger partial charge is 0.411 e. The first kappa shape index (κ1) is 20.0. The number of nitrogens with two attached hydrogens (primary N) is 1. The summed E-state index contributed by atoms with van der Waals surface area (Å²) in [6.07, 6.45) is 3.47. The molecular formula is C20H22N6O3S. The van der Waals surface area contributed by atoms with Gasteiger partial charge in [-0.25, -0.2) is 19.7 Å². The van der Waals surface area contributed by atoms with Crippen LogP contribution in [0.15, 0.2) is 36.5 Å². The third kappa shape index (κ3) is 5.02. The Morgan fingerprint density at radius 3 is 2.67 bits per heavy atom. The number of rotatable bonds is 8. The molecule has 0 atom stereocenters. The summed E-state index contributed by atoms with van der Waals surface area (Å²) in [6, 6.07) is 9.03. The van der Waals surface area contributed by atoms with Gasteiger partial charge in [0.15, 0.2) is 5.13 Å². The van der Waals surface area contributed by atoms with Gasteiger partial charge in [-0.05, 0) is 43.2 Å². The van der Waals surface area contributed by atoms with E-state index in [-0.39, 0.29) is 6.61 Å². The van der Waals surface area contributed by atoms with Crippen LogP contribution < -0.4 is 16.4 Å². The Kier molecular flexibility index (Phi) is 6.05. The zero-order valence-corrected chi connectivity index (χ0v) is 17.2. The number of nitrogens with zero attached hydrogens (tertiary/aromatic N) is 3. The largest absolute Gasteiger partial charge is 0.447 e. The second-order valence-electron chi connectivity index (χ2n) is 6.76. The molecule has 2 heterocycles. The van der Waals surface area contributed by atoms with Gasteiger partial charge in [0.05, 0.1) is 22.9 Å². The quantitative estimate of drug-likeness (QED) is 0.462. The zero-order chi connectivity index (χ0) is 20.9. The minimum atomic E-state index is -0.529. The average molecular weight is 427 g/mol. The van der Waals surface area contributed by atoms with Crippen molar-refractivity contribution in [2.24, 2.45) is 0 Å². The van der Waals surface area contributed by atoms with Crippen molar-refractivity contribution < 1.29 is 14.3 Å². The number of anilines is 4. The average Bonchev–Trinajstić information content (AvgIpc) is 3.51. The highest BCUT2D eigenvalue weighted by atomic mass is 32.1. The van der Waals surface area contributed by atoms with Gasteiger partial charge >= 0.3 is 6.09 Å². The van der Waals surface area contributed by atoms with Crippen molar-refractivity contribution >= 4 is 39.9 Å². The number of benzene rings is 1. The number of carbonyl (C=O) groups is 1. The maximum absolute atomic E-state index is 11.7. The number of thiazole rings is 1. The molecule has 0 unspecified atom stereocenters. The van der Waals surface area contributed by atoms with Crippen molar-refractivity contribution in [2.75, 3.05) is 36.7 Å². The van der Waals surface area contributed by atoms with Gasteiger partial charge in [-0.2, -0.15) is 0 Å². The molecule has 1 amide bonds. The van der Waals surface area contributed by atoms with Gasteiger partial charge in [0.1, 0.15) is 6.61 Å². The summed E-state index contributed by atoms with van der Waals surface area (Å²) in [7, 11) is 1.55. The molecule has 1 aliphatic rings. The van der Waals surface area contributed by atoms with Crippen molar-refractivity contribution in [1.82, 2.24) is 15.0 Å². The van der Waals surface area contributed by atoms with E-state index in [2.05, 4.69) is 25.6 Å². The second kappa shape index (κ2) is 9.06. The van der Waals surface area contributed by atoms with Gasteiger partial charge in [0, 0.05) is 30.6 Å². The van der Waals surface area contributed by atoms with E-state index in [1.54, 1.807) is 25.4 Å². The fourth-order valence-corrected chi connectivity index (χ4v) is 3.74. The number of hydrogen-bond acceptors (Lipinski definition) is 9. The molecular weight excluding hydrogens is 404 g/mol. The fourth-order valence-electron chi connectivity index (χ4n) is 2.85. The molecule has 3 aromatic rings. The Labute approximate surface area is 177 Å². The molecule has 1 fully saturated rings. The molecule has 4 rings (SSSR count). The Morgan fingerprint density at radius 2 is 1.93 bits per heavy atom. The Hall–Kier alpha value is -3.24. The highest BCUT2D eigenvalue weighted by Gasteiger charge is 2.30. The molecule has 0 saturated heterocycles. The summed E-state index contributed by atoms with van der Waals surface area (Å²) in [4.78, 5) is 26.1. The van der Waals surface area contributed by atoms with Gasteiger partial charge in [-0.15, -0.1) is 0 Å². The molecule has 0 radical (unpaired) electrons. The Bertz CT molecular complexity index is 1020. The van der Waals surface area contributed by atoms with Crippen LogP contribution in [-0.2, 0) is 9.47 Å². The van der Waals surface area contributed by atoms with Gasteiger partial charge in [-0.3, -0.25) is 5.32 Å². The minimum Gasteiger partial charge on any atom is -0.447 e. The summed E-state index contributed by atoms with van der Waals surface area (Å²) in [5.41, 5.74) is 9.18. The number of methoxy groups -OCH3 is 1. The number of aromatic nitrogens is 3. The number of amides is 1. The maximum atomic E-state index is 11.7. The van der Waals surface area contributed by atoms with E-state index in [9.17, 15) is 4.79 Å². The predicted octanol–water partition coefficient (Wildman–Crippen LogP) is 4.00. The fraction of sp³-hybridized carbons (Fsp3) is 0.300. The zero-order valence-electron chi connectivity index (χ0n) is 16.4. The molecule has 1 aliphatic carbocycles. The molecule has 1 aromatic carbocycles. The van der Waals surface area contributed by atoms with Crippen LogP contribution >= 0.6 is 11.3 Å². The van der Waals surface area contributed by atoms with Crippen LogP contribution in [0.5, 0.6) is 0 Å². The summed E-state index contributed by atoms with van der Waals surface area (Å²) in [5, 5.41) is 6.39. The van der Waals surface area contributed by atoms with Gasteiger partial charge < -0.3 is 20.5 Å². The van der Waals surface area contributed by atoms with Crippen LogP contribution in [0.25, 0.3) is 10.6 Å². The van der Waals surface area contributed by atoms with Crippen molar-refractivity contribution in [3.05, 3.63) is 42.2 Å². The second-order valence-corrected chi connectivity index (χ2v) is 7.79. The third-order valence-corrected chi connectivity index (χ3v) is 5.35. The van der Waals surface area contributed by atoms with Crippen molar-refractivity contribution in [2.45, 2.75) is 18.8 Å². The molecule has 30 heavy (non-hydrogen) atoms. The van der Waals surface area contributed by atoms with Crippen LogP contribution in [0.4, 0.5) is 27.2 Å².